The van der Waals surface area contributed by atoms with Crippen LogP contribution in [0.3, 0.4) is 0 Å². The van der Waals surface area contributed by atoms with E-state index in [0.29, 0.717) is 12.1 Å². The second-order valence-corrected chi connectivity index (χ2v) is 11.2. The molecule has 0 aliphatic carbocycles. The van der Waals surface area contributed by atoms with Crippen LogP contribution in [0.1, 0.15) is 47.1 Å². The summed E-state index contributed by atoms with van der Waals surface area (Å²) < 4.78 is 16.7. The average Bonchev–Trinajstić information content (AvgIpc) is 2.98. The summed E-state index contributed by atoms with van der Waals surface area (Å²) in [4.78, 5) is 50.5. The molecule has 15 heteroatoms. The van der Waals surface area contributed by atoms with Crippen molar-refractivity contribution in [1.82, 2.24) is 16.0 Å². The van der Waals surface area contributed by atoms with Gasteiger partial charge in [-0.25, -0.2) is 0 Å². The minimum atomic E-state index is -1.82. The molecule has 9 N–H and O–H groups in total. The SMILES string of the molecule is CCN[C@H](C(=O)N[C@@H](C)C(=O)Nc1ccc(COC(=O)C(C)C)cc1O[C@@H]1O[C@H](C(=O)NCCN)[C@@H](O)[C@H](O)[C@H]1O)C(C)C. The normalized spacial score (nSPS) is 23.0. The first-order chi connectivity index (χ1) is 20.7. The van der Waals surface area contributed by atoms with E-state index in [1.165, 1.54) is 19.1 Å². The fraction of sp³-hybridized carbons (Fsp3) is 0.655. The Kier molecular flexibility index (Phi) is 14.4. The summed E-state index contributed by atoms with van der Waals surface area (Å²) >= 11 is 0. The quantitative estimate of drug-likeness (QED) is 0.107. The maximum atomic E-state index is 13.1. The van der Waals surface area contributed by atoms with E-state index in [2.05, 4.69) is 21.3 Å². The molecule has 1 saturated heterocycles. The van der Waals surface area contributed by atoms with Crippen molar-refractivity contribution in [2.45, 2.75) is 90.9 Å². The van der Waals surface area contributed by atoms with Crippen LogP contribution in [0, 0.1) is 11.8 Å². The minimum Gasteiger partial charge on any atom is -0.461 e. The summed E-state index contributed by atoms with van der Waals surface area (Å²) in [6.07, 6.45) is -8.68. The Morgan fingerprint density at radius 2 is 1.68 bits per heavy atom. The monoisotopic (exact) mass is 625 g/mol. The summed E-state index contributed by atoms with van der Waals surface area (Å²) in [6.45, 7) is 11.1. The molecule has 2 rings (SSSR count). The lowest BCUT2D eigenvalue weighted by atomic mass is 9.98. The maximum absolute atomic E-state index is 13.1. The number of carbonyl (C=O) groups excluding carboxylic acids is 4. The van der Waals surface area contributed by atoms with Gasteiger partial charge in [-0.1, -0.05) is 40.7 Å². The van der Waals surface area contributed by atoms with Crippen molar-refractivity contribution in [3.8, 4) is 5.75 Å². The largest absolute Gasteiger partial charge is 0.461 e. The van der Waals surface area contributed by atoms with Crippen LogP contribution in [0.15, 0.2) is 18.2 Å². The lowest BCUT2D eigenvalue weighted by molar-refractivity contribution is -0.266. The standard InChI is InChI=1S/C29H47N5O10/c1-7-31-20(14(2)3)26(39)33-16(6)25(38)34-18-9-8-17(13-42-28(41)15(4)5)12-19(18)43-29-23(37)21(35)22(36)24(44-29)27(40)32-11-10-30/h8-9,12,14-16,20-24,29,31,35-37H,7,10-11,13,30H2,1-6H3,(H,32,40)(H,33,39)(H,34,38)/t16-,20-,21-,22-,23+,24-,29+/m0/s1. The van der Waals surface area contributed by atoms with E-state index in [0.717, 1.165) is 0 Å². The highest BCUT2D eigenvalue weighted by molar-refractivity contribution is 5.98. The molecule has 44 heavy (non-hydrogen) atoms. The number of hydrogen-bond donors (Lipinski definition) is 8. The number of carbonyl (C=O) groups is 4. The number of nitrogens with two attached hydrogens (primary N) is 1. The molecule has 1 aromatic rings. The zero-order chi connectivity index (χ0) is 33.1. The summed E-state index contributed by atoms with van der Waals surface area (Å²) in [7, 11) is 0. The predicted molar refractivity (Wildman–Crippen MR) is 159 cm³/mol. The lowest BCUT2D eigenvalue weighted by Gasteiger charge is -2.39. The van der Waals surface area contributed by atoms with E-state index < -0.39 is 60.6 Å². The van der Waals surface area contributed by atoms with Crippen molar-refractivity contribution in [3.05, 3.63) is 23.8 Å². The maximum Gasteiger partial charge on any atom is 0.308 e. The molecule has 0 spiro atoms. The number of aliphatic hydroxyl groups excluding tert-OH is 3. The van der Waals surface area contributed by atoms with E-state index in [9.17, 15) is 34.5 Å². The third-order valence-corrected chi connectivity index (χ3v) is 6.80. The first-order valence-electron chi connectivity index (χ1n) is 14.7. The van der Waals surface area contributed by atoms with Gasteiger partial charge in [-0.15, -0.1) is 0 Å². The number of anilines is 1. The second-order valence-electron chi connectivity index (χ2n) is 11.2. The molecule has 7 atom stereocenters. The Hall–Kier alpha value is -3.34. The first kappa shape index (κ1) is 36.8. The molecule has 0 saturated carbocycles. The van der Waals surface area contributed by atoms with Crippen LogP contribution in [-0.2, 0) is 35.3 Å². The van der Waals surface area contributed by atoms with Gasteiger partial charge in [0.2, 0.25) is 18.1 Å². The Morgan fingerprint density at radius 3 is 2.27 bits per heavy atom. The fourth-order valence-corrected chi connectivity index (χ4v) is 4.22. The third-order valence-electron chi connectivity index (χ3n) is 6.80. The van der Waals surface area contributed by atoms with Crippen molar-refractivity contribution in [2.75, 3.05) is 25.0 Å². The molecule has 3 amide bonds. The van der Waals surface area contributed by atoms with Gasteiger partial charge in [-0.3, -0.25) is 19.2 Å². The van der Waals surface area contributed by atoms with E-state index in [1.54, 1.807) is 19.9 Å². The van der Waals surface area contributed by atoms with Crippen LogP contribution < -0.4 is 31.7 Å². The highest BCUT2D eigenvalue weighted by Gasteiger charge is 2.48. The second kappa shape index (κ2) is 17.2. The van der Waals surface area contributed by atoms with Crippen molar-refractivity contribution < 1.29 is 48.7 Å². The zero-order valence-corrected chi connectivity index (χ0v) is 26.0. The van der Waals surface area contributed by atoms with Crippen LogP contribution in [-0.4, -0.2) is 101 Å². The highest BCUT2D eigenvalue weighted by Crippen LogP contribution is 2.31. The number of hydrogen-bond acceptors (Lipinski definition) is 12. The summed E-state index contributed by atoms with van der Waals surface area (Å²) in [5, 5.41) is 42.3. The number of likely N-dealkylation sites (N-methyl/N-ethyl adjacent to an activating group) is 1. The van der Waals surface area contributed by atoms with Crippen molar-refractivity contribution in [2.24, 2.45) is 17.6 Å². The molecule has 1 aromatic carbocycles. The van der Waals surface area contributed by atoms with Gasteiger partial charge in [0, 0.05) is 13.1 Å². The number of amides is 3. The van der Waals surface area contributed by atoms with Gasteiger partial charge in [0.25, 0.3) is 5.91 Å². The van der Waals surface area contributed by atoms with Crippen molar-refractivity contribution in [1.29, 1.82) is 0 Å². The first-order valence-corrected chi connectivity index (χ1v) is 14.7. The predicted octanol–water partition coefficient (Wildman–Crippen LogP) is -1.28. The number of ether oxygens (including phenoxy) is 3. The average molecular weight is 626 g/mol. The highest BCUT2D eigenvalue weighted by atomic mass is 16.7. The molecule has 0 radical (unpaired) electrons. The van der Waals surface area contributed by atoms with E-state index in [-0.39, 0.29) is 48.9 Å². The summed E-state index contributed by atoms with van der Waals surface area (Å²) in [5.41, 5.74) is 5.95. The van der Waals surface area contributed by atoms with Crippen LogP contribution in [0.25, 0.3) is 0 Å². The zero-order valence-electron chi connectivity index (χ0n) is 26.0. The number of benzene rings is 1. The molecular weight excluding hydrogens is 578 g/mol. The van der Waals surface area contributed by atoms with Crippen LogP contribution in [0.5, 0.6) is 5.75 Å². The molecule has 1 aliphatic rings. The molecule has 248 valence electrons. The minimum absolute atomic E-state index is 0.0282. The van der Waals surface area contributed by atoms with E-state index in [4.69, 9.17) is 19.9 Å². The van der Waals surface area contributed by atoms with Crippen LogP contribution in [0.2, 0.25) is 0 Å². The van der Waals surface area contributed by atoms with Crippen molar-refractivity contribution in [3.63, 3.8) is 0 Å². The van der Waals surface area contributed by atoms with Gasteiger partial charge >= 0.3 is 5.97 Å². The molecule has 0 bridgehead atoms. The fourth-order valence-electron chi connectivity index (χ4n) is 4.22. The molecular formula is C29H47N5O10. The van der Waals surface area contributed by atoms with Crippen LogP contribution in [0.4, 0.5) is 5.69 Å². The molecule has 1 aliphatic heterocycles. The Labute approximate surface area is 257 Å². The number of nitrogens with one attached hydrogen (secondary N) is 4. The smallest absolute Gasteiger partial charge is 0.308 e. The number of esters is 1. The lowest BCUT2D eigenvalue weighted by Crippen LogP contribution is -2.63. The molecule has 1 heterocycles. The summed E-state index contributed by atoms with van der Waals surface area (Å²) in [5.74, 6) is -2.65. The van der Waals surface area contributed by atoms with Gasteiger partial charge in [-0.05, 0) is 37.1 Å². The molecule has 1 fully saturated rings. The number of rotatable bonds is 15. The van der Waals surface area contributed by atoms with E-state index in [1.807, 2.05) is 20.8 Å². The van der Waals surface area contributed by atoms with Crippen molar-refractivity contribution >= 4 is 29.4 Å². The Balaban J connectivity index is 2.33. The van der Waals surface area contributed by atoms with Gasteiger partial charge < -0.3 is 56.5 Å². The van der Waals surface area contributed by atoms with Gasteiger partial charge in [0.1, 0.15) is 36.7 Å². The summed E-state index contributed by atoms with van der Waals surface area (Å²) in [6, 6.07) is 2.97. The Morgan fingerprint density at radius 1 is 1.00 bits per heavy atom. The van der Waals surface area contributed by atoms with E-state index >= 15 is 0 Å². The molecule has 0 aromatic heterocycles. The number of aliphatic hydroxyl groups is 3. The molecule has 15 nitrogen and oxygen atoms in total. The Bertz CT molecular complexity index is 1130. The van der Waals surface area contributed by atoms with Gasteiger partial charge in [0.15, 0.2) is 6.10 Å². The van der Waals surface area contributed by atoms with Gasteiger partial charge in [-0.2, -0.15) is 0 Å². The van der Waals surface area contributed by atoms with Gasteiger partial charge in [0.05, 0.1) is 17.6 Å². The molecule has 0 unspecified atom stereocenters. The topological polar surface area (TPSA) is 231 Å². The van der Waals surface area contributed by atoms with Crippen LogP contribution >= 0.6 is 0 Å². The third kappa shape index (κ3) is 10.1.